The Labute approximate surface area is 107 Å². The molecule has 1 aromatic heterocycles. The van der Waals surface area contributed by atoms with Crippen LogP contribution in [0, 0.1) is 0 Å². The number of hydrogen-bond acceptors (Lipinski definition) is 3. The number of likely N-dealkylation sites (tertiary alicyclic amines) is 1. The zero-order chi connectivity index (χ0) is 11.5. The van der Waals surface area contributed by atoms with Gasteiger partial charge < -0.3 is 4.90 Å². The molecule has 2 heterocycles. The molecule has 0 radical (unpaired) electrons. The van der Waals surface area contributed by atoms with Crippen LogP contribution >= 0.6 is 27.5 Å². The molecule has 16 heavy (non-hydrogen) atoms. The molecule has 0 N–H and O–H groups in total. The molecule has 0 amide bonds. The van der Waals surface area contributed by atoms with Crippen molar-refractivity contribution in [3.05, 3.63) is 26.3 Å². The van der Waals surface area contributed by atoms with Crippen LogP contribution in [0.25, 0.3) is 0 Å². The van der Waals surface area contributed by atoms with Gasteiger partial charge in [0, 0.05) is 13.1 Å². The standard InChI is InChI=1S/C10H13BrClN3O/c11-8-9(12)13-7-15(10(8)16)6-5-14-3-1-2-4-14/h7H,1-6H2. The van der Waals surface area contributed by atoms with Crippen LogP contribution in [0.1, 0.15) is 12.8 Å². The fraction of sp³-hybridized carbons (Fsp3) is 0.600. The van der Waals surface area contributed by atoms with Gasteiger partial charge in [-0.15, -0.1) is 0 Å². The van der Waals surface area contributed by atoms with Gasteiger partial charge in [-0.2, -0.15) is 0 Å². The summed E-state index contributed by atoms with van der Waals surface area (Å²) in [6.45, 7) is 3.84. The van der Waals surface area contributed by atoms with E-state index >= 15 is 0 Å². The first-order valence-electron chi connectivity index (χ1n) is 5.31. The molecule has 0 aliphatic carbocycles. The van der Waals surface area contributed by atoms with E-state index < -0.39 is 0 Å². The van der Waals surface area contributed by atoms with Crippen molar-refractivity contribution in [3.63, 3.8) is 0 Å². The van der Waals surface area contributed by atoms with E-state index in [1.165, 1.54) is 19.2 Å². The average Bonchev–Trinajstić information content (AvgIpc) is 2.78. The van der Waals surface area contributed by atoms with Gasteiger partial charge in [0.25, 0.3) is 5.56 Å². The van der Waals surface area contributed by atoms with E-state index in [1.807, 2.05) is 0 Å². The van der Waals surface area contributed by atoms with Crippen molar-refractivity contribution in [1.29, 1.82) is 0 Å². The number of nitrogens with zero attached hydrogens (tertiary/aromatic N) is 3. The zero-order valence-corrected chi connectivity index (χ0v) is 11.2. The molecule has 0 spiro atoms. The van der Waals surface area contributed by atoms with E-state index in [4.69, 9.17) is 11.6 Å². The minimum absolute atomic E-state index is 0.112. The first-order chi connectivity index (χ1) is 7.68. The van der Waals surface area contributed by atoms with Crippen molar-refractivity contribution >= 4 is 27.5 Å². The molecule has 6 heteroatoms. The minimum Gasteiger partial charge on any atom is -0.302 e. The summed E-state index contributed by atoms with van der Waals surface area (Å²) >= 11 is 8.87. The average molecular weight is 307 g/mol. The van der Waals surface area contributed by atoms with E-state index in [1.54, 1.807) is 4.57 Å². The fourth-order valence-corrected chi connectivity index (χ4v) is 2.31. The van der Waals surface area contributed by atoms with Crippen LogP contribution in [0.3, 0.4) is 0 Å². The molecular formula is C10H13BrClN3O. The molecule has 0 atom stereocenters. The molecule has 2 rings (SSSR count). The van der Waals surface area contributed by atoms with Crippen molar-refractivity contribution in [1.82, 2.24) is 14.5 Å². The Kier molecular flexibility index (Phi) is 4.00. The number of halogens is 2. The fourth-order valence-electron chi connectivity index (χ4n) is 1.86. The van der Waals surface area contributed by atoms with Gasteiger partial charge in [0.15, 0.2) is 5.15 Å². The smallest absolute Gasteiger partial charge is 0.269 e. The normalized spacial score (nSPS) is 16.9. The number of rotatable bonds is 3. The quantitative estimate of drug-likeness (QED) is 0.799. The van der Waals surface area contributed by atoms with Crippen LogP contribution in [0.15, 0.2) is 15.6 Å². The lowest BCUT2D eigenvalue weighted by molar-refractivity contribution is 0.319. The van der Waals surface area contributed by atoms with Crippen molar-refractivity contribution in [2.45, 2.75) is 19.4 Å². The lowest BCUT2D eigenvalue weighted by Crippen LogP contribution is -2.29. The van der Waals surface area contributed by atoms with Crippen LogP contribution < -0.4 is 5.56 Å². The summed E-state index contributed by atoms with van der Waals surface area (Å²) in [6.07, 6.45) is 4.03. The molecule has 0 saturated carbocycles. The second-order valence-corrected chi connectivity index (χ2v) is 5.05. The van der Waals surface area contributed by atoms with E-state index in [9.17, 15) is 4.79 Å². The molecule has 1 aromatic rings. The Morgan fingerprint density at radius 1 is 1.38 bits per heavy atom. The zero-order valence-electron chi connectivity index (χ0n) is 8.83. The third kappa shape index (κ3) is 2.64. The maximum absolute atomic E-state index is 11.8. The highest BCUT2D eigenvalue weighted by molar-refractivity contribution is 9.10. The summed E-state index contributed by atoms with van der Waals surface area (Å²) in [5, 5.41) is 0.224. The Hall–Kier alpha value is -0.390. The largest absolute Gasteiger partial charge is 0.302 e. The molecule has 0 bridgehead atoms. The summed E-state index contributed by atoms with van der Waals surface area (Å²) in [7, 11) is 0. The van der Waals surface area contributed by atoms with Crippen LogP contribution in [0.2, 0.25) is 5.15 Å². The first kappa shape index (κ1) is 12.1. The Bertz CT molecular complexity index is 429. The van der Waals surface area contributed by atoms with Gasteiger partial charge in [0.05, 0.1) is 6.33 Å². The van der Waals surface area contributed by atoms with Crippen LogP contribution in [0.4, 0.5) is 0 Å². The molecule has 1 fully saturated rings. The monoisotopic (exact) mass is 305 g/mol. The van der Waals surface area contributed by atoms with Gasteiger partial charge in [-0.1, -0.05) is 11.6 Å². The highest BCUT2D eigenvalue weighted by Crippen LogP contribution is 2.13. The molecule has 0 unspecified atom stereocenters. The molecule has 1 aliphatic rings. The van der Waals surface area contributed by atoms with Crippen molar-refractivity contribution in [2.24, 2.45) is 0 Å². The highest BCUT2D eigenvalue weighted by Gasteiger charge is 2.12. The third-order valence-corrected chi connectivity index (χ3v) is 4.03. The Morgan fingerprint density at radius 3 is 2.75 bits per heavy atom. The summed E-state index contributed by atoms with van der Waals surface area (Å²) in [4.78, 5) is 18.1. The molecular weight excluding hydrogens is 293 g/mol. The second kappa shape index (κ2) is 5.29. The number of hydrogen-bond donors (Lipinski definition) is 0. The summed E-state index contributed by atoms with van der Waals surface area (Å²) < 4.78 is 1.94. The summed E-state index contributed by atoms with van der Waals surface area (Å²) in [6, 6.07) is 0. The predicted octanol–water partition coefficient (Wildman–Crippen LogP) is 1.75. The lowest BCUT2D eigenvalue weighted by atomic mass is 10.4. The second-order valence-electron chi connectivity index (χ2n) is 3.90. The maximum Gasteiger partial charge on any atom is 0.269 e. The maximum atomic E-state index is 11.8. The molecule has 88 valence electrons. The van der Waals surface area contributed by atoms with E-state index in [0.717, 1.165) is 19.6 Å². The molecule has 1 saturated heterocycles. The first-order valence-corrected chi connectivity index (χ1v) is 6.48. The topological polar surface area (TPSA) is 38.1 Å². The Morgan fingerprint density at radius 2 is 2.06 bits per heavy atom. The van der Waals surface area contributed by atoms with E-state index in [-0.39, 0.29) is 10.7 Å². The van der Waals surface area contributed by atoms with E-state index in [0.29, 0.717) is 11.0 Å². The van der Waals surface area contributed by atoms with Crippen molar-refractivity contribution in [3.8, 4) is 0 Å². The van der Waals surface area contributed by atoms with Crippen molar-refractivity contribution in [2.75, 3.05) is 19.6 Å². The third-order valence-electron chi connectivity index (χ3n) is 2.80. The highest BCUT2D eigenvalue weighted by atomic mass is 79.9. The summed E-state index contributed by atoms with van der Waals surface area (Å²) in [5.41, 5.74) is -0.112. The molecule has 4 nitrogen and oxygen atoms in total. The van der Waals surface area contributed by atoms with Crippen LogP contribution in [0.5, 0.6) is 0 Å². The summed E-state index contributed by atoms with van der Waals surface area (Å²) in [5.74, 6) is 0. The van der Waals surface area contributed by atoms with Crippen molar-refractivity contribution < 1.29 is 0 Å². The van der Waals surface area contributed by atoms with E-state index in [2.05, 4.69) is 25.8 Å². The molecule has 1 aliphatic heterocycles. The van der Waals surface area contributed by atoms with Gasteiger partial charge in [-0.25, -0.2) is 4.98 Å². The lowest BCUT2D eigenvalue weighted by Gasteiger charge is -2.15. The predicted molar refractivity (Wildman–Crippen MR) is 66.9 cm³/mol. The Balaban J connectivity index is 2.04. The van der Waals surface area contributed by atoms with Crippen LogP contribution in [-0.2, 0) is 6.54 Å². The van der Waals surface area contributed by atoms with Gasteiger partial charge in [-0.05, 0) is 41.9 Å². The minimum atomic E-state index is -0.112. The van der Waals surface area contributed by atoms with Crippen LogP contribution in [-0.4, -0.2) is 34.1 Å². The van der Waals surface area contributed by atoms with Gasteiger partial charge >= 0.3 is 0 Å². The van der Waals surface area contributed by atoms with Gasteiger partial charge in [0.1, 0.15) is 4.47 Å². The van der Waals surface area contributed by atoms with Gasteiger partial charge in [-0.3, -0.25) is 9.36 Å². The number of aromatic nitrogens is 2. The van der Waals surface area contributed by atoms with Gasteiger partial charge in [0.2, 0.25) is 0 Å². The SMILES string of the molecule is O=c1c(Br)c(Cl)ncn1CCN1CCCC1. The molecule has 0 aromatic carbocycles.